The zero-order valence-corrected chi connectivity index (χ0v) is 12.7. The predicted molar refractivity (Wildman–Crippen MR) is 79.9 cm³/mol. The molecule has 1 fully saturated rings. The van der Waals surface area contributed by atoms with E-state index in [9.17, 15) is 18.0 Å². The fraction of sp³-hybridized carbons (Fsp3) is 0.533. The van der Waals surface area contributed by atoms with Gasteiger partial charge in [-0.3, -0.25) is 4.79 Å². The van der Waals surface area contributed by atoms with E-state index >= 15 is 0 Å². The SMILES string of the molecule is O=C(CCC1CCNCC1)Nc1ccc(Cl)c(C(F)(F)F)c1. The van der Waals surface area contributed by atoms with Crippen LogP contribution in [0.2, 0.25) is 5.02 Å². The predicted octanol–water partition coefficient (Wildman–Crippen LogP) is 4.08. The van der Waals surface area contributed by atoms with E-state index in [1.807, 2.05) is 0 Å². The molecule has 0 spiro atoms. The molecule has 1 amide bonds. The van der Waals surface area contributed by atoms with Gasteiger partial charge in [0.15, 0.2) is 0 Å². The Kier molecular flexibility index (Phi) is 5.69. The van der Waals surface area contributed by atoms with Gasteiger partial charge in [0.25, 0.3) is 0 Å². The Morgan fingerprint density at radius 1 is 1.32 bits per heavy atom. The number of halogens is 4. The molecule has 1 aliphatic heterocycles. The Morgan fingerprint density at radius 3 is 2.64 bits per heavy atom. The number of amides is 1. The summed E-state index contributed by atoms with van der Waals surface area (Å²) in [5.41, 5.74) is -0.822. The fourth-order valence-corrected chi connectivity index (χ4v) is 2.77. The van der Waals surface area contributed by atoms with Crippen molar-refractivity contribution in [3.8, 4) is 0 Å². The van der Waals surface area contributed by atoms with E-state index in [-0.39, 0.29) is 16.6 Å². The van der Waals surface area contributed by atoms with Crippen LogP contribution in [-0.2, 0) is 11.0 Å². The lowest BCUT2D eigenvalue weighted by Crippen LogP contribution is -2.28. The van der Waals surface area contributed by atoms with E-state index in [1.165, 1.54) is 6.07 Å². The first-order valence-corrected chi connectivity index (χ1v) is 7.61. The third-order valence-electron chi connectivity index (χ3n) is 3.79. The number of piperidine rings is 1. The standard InChI is InChI=1S/C15H18ClF3N2O/c16-13-3-2-11(9-12(13)15(17,18)19)21-14(22)4-1-10-5-7-20-8-6-10/h2-3,9-10,20H,1,4-8H2,(H,21,22). The van der Waals surface area contributed by atoms with Crippen LogP contribution in [0, 0.1) is 5.92 Å². The molecule has 1 saturated heterocycles. The highest BCUT2D eigenvalue weighted by molar-refractivity contribution is 6.31. The average Bonchev–Trinajstić information content (AvgIpc) is 2.47. The molecule has 2 N–H and O–H groups in total. The molecule has 1 heterocycles. The van der Waals surface area contributed by atoms with E-state index in [0.29, 0.717) is 12.3 Å². The van der Waals surface area contributed by atoms with Gasteiger partial charge >= 0.3 is 6.18 Å². The largest absolute Gasteiger partial charge is 0.417 e. The van der Waals surface area contributed by atoms with Crippen molar-refractivity contribution in [1.29, 1.82) is 0 Å². The van der Waals surface area contributed by atoms with Crippen molar-refractivity contribution in [2.24, 2.45) is 5.92 Å². The van der Waals surface area contributed by atoms with Gasteiger partial charge in [-0.15, -0.1) is 0 Å². The van der Waals surface area contributed by atoms with Crippen LogP contribution < -0.4 is 10.6 Å². The Morgan fingerprint density at radius 2 is 2.00 bits per heavy atom. The summed E-state index contributed by atoms with van der Waals surface area (Å²) in [4.78, 5) is 11.9. The molecular weight excluding hydrogens is 317 g/mol. The van der Waals surface area contributed by atoms with Crippen LogP contribution in [0.5, 0.6) is 0 Å². The molecule has 0 unspecified atom stereocenters. The molecule has 22 heavy (non-hydrogen) atoms. The Labute approximate surface area is 132 Å². The van der Waals surface area contributed by atoms with Gasteiger partial charge in [-0.25, -0.2) is 0 Å². The van der Waals surface area contributed by atoms with Crippen molar-refractivity contribution in [3.05, 3.63) is 28.8 Å². The van der Waals surface area contributed by atoms with Crippen molar-refractivity contribution < 1.29 is 18.0 Å². The number of rotatable bonds is 4. The molecule has 2 rings (SSSR count). The number of hydrogen-bond donors (Lipinski definition) is 2. The molecule has 1 aromatic carbocycles. The van der Waals surface area contributed by atoms with Crippen molar-refractivity contribution >= 4 is 23.2 Å². The van der Waals surface area contributed by atoms with E-state index in [4.69, 9.17) is 11.6 Å². The highest BCUT2D eigenvalue weighted by Crippen LogP contribution is 2.36. The monoisotopic (exact) mass is 334 g/mol. The van der Waals surface area contributed by atoms with Crippen LogP contribution in [0.4, 0.5) is 18.9 Å². The van der Waals surface area contributed by atoms with Crippen LogP contribution >= 0.6 is 11.6 Å². The Hall–Kier alpha value is -1.27. The second kappa shape index (κ2) is 7.33. The van der Waals surface area contributed by atoms with Gasteiger partial charge in [0.2, 0.25) is 5.91 Å². The lowest BCUT2D eigenvalue weighted by molar-refractivity contribution is -0.137. The number of hydrogen-bond acceptors (Lipinski definition) is 2. The second-order valence-corrected chi connectivity index (χ2v) is 5.88. The minimum Gasteiger partial charge on any atom is -0.326 e. The van der Waals surface area contributed by atoms with Crippen molar-refractivity contribution in [1.82, 2.24) is 5.32 Å². The van der Waals surface area contributed by atoms with Crippen LogP contribution in [0.15, 0.2) is 18.2 Å². The maximum atomic E-state index is 12.8. The van der Waals surface area contributed by atoms with E-state index in [1.54, 1.807) is 0 Å². The lowest BCUT2D eigenvalue weighted by Gasteiger charge is -2.22. The van der Waals surface area contributed by atoms with Crippen LogP contribution in [0.1, 0.15) is 31.2 Å². The molecule has 1 aliphatic rings. The van der Waals surface area contributed by atoms with Crippen molar-refractivity contribution in [3.63, 3.8) is 0 Å². The summed E-state index contributed by atoms with van der Waals surface area (Å²) in [6.45, 7) is 1.91. The number of benzene rings is 1. The number of carbonyl (C=O) groups is 1. The quantitative estimate of drug-likeness (QED) is 0.871. The zero-order chi connectivity index (χ0) is 16.2. The minimum atomic E-state index is -4.53. The number of alkyl halides is 3. The first kappa shape index (κ1) is 17.1. The van der Waals surface area contributed by atoms with Crippen molar-refractivity contribution in [2.45, 2.75) is 31.9 Å². The van der Waals surface area contributed by atoms with E-state index in [0.717, 1.165) is 44.5 Å². The van der Waals surface area contributed by atoms with E-state index in [2.05, 4.69) is 10.6 Å². The summed E-state index contributed by atoms with van der Waals surface area (Å²) in [5.74, 6) is 0.233. The number of anilines is 1. The Bertz CT molecular complexity index is 528. The van der Waals surface area contributed by atoms with Gasteiger partial charge in [-0.2, -0.15) is 13.2 Å². The highest BCUT2D eigenvalue weighted by Gasteiger charge is 2.33. The van der Waals surface area contributed by atoms with Gasteiger partial charge in [0.05, 0.1) is 10.6 Å². The first-order valence-electron chi connectivity index (χ1n) is 7.23. The normalized spacial score (nSPS) is 16.5. The highest BCUT2D eigenvalue weighted by atomic mass is 35.5. The van der Waals surface area contributed by atoms with Gasteiger partial charge in [0, 0.05) is 12.1 Å². The third kappa shape index (κ3) is 4.88. The van der Waals surface area contributed by atoms with Crippen molar-refractivity contribution in [2.75, 3.05) is 18.4 Å². The molecule has 0 atom stereocenters. The van der Waals surface area contributed by atoms with Gasteiger partial charge in [0.1, 0.15) is 0 Å². The molecule has 122 valence electrons. The molecular formula is C15H18ClF3N2O. The molecule has 0 aromatic heterocycles. The van der Waals surface area contributed by atoms with Crippen LogP contribution in [0.3, 0.4) is 0 Å². The maximum absolute atomic E-state index is 12.8. The van der Waals surface area contributed by atoms with Crippen LogP contribution in [-0.4, -0.2) is 19.0 Å². The third-order valence-corrected chi connectivity index (χ3v) is 4.12. The number of carbonyl (C=O) groups excluding carboxylic acids is 1. The summed E-state index contributed by atoms with van der Waals surface area (Å²) in [6, 6.07) is 3.39. The molecule has 1 aromatic rings. The zero-order valence-electron chi connectivity index (χ0n) is 12.0. The molecule has 0 saturated carbocycles. The lowest BCUT2D eigenvalue weighted by atomic mass is 9.93. The van der Waals surface area contributed by atoms with E-state index < -0.39 is 11.7 Å². The first-order chi connectivity index (χ1) is 10.4. The molecule has 0 aliphatic carbocycles. The Balaban J connectivity index is 1.91. The molecule has 3 nitrogen and oxygen atoms in total. The summed E-state index contributed by atoms with van der Waals surface area (Å²) < 4.78 is 38.3. The van der Waals surface area contributed by atoms with Gasteiger partial charge in [-0.05, 0) is 56.5 Å². The topological polar surface area (TPSA) is 41.1 Å². The molecule has 0 bridgehead atoms. The molecule has 7 heteroatoms. The van der Waals surface area contributed by atoms with Gasteiger partial charge < -0.3 is 10.6 Å². The summed E-state index contributed by atoms with van der Waals surface area (Å²) in [7, 11) is 0. The summed E-state index contributed by atoms with van der Waals surface area (Å²) in [6.07, 6.45) is -1.40. The second-order valence-electron chi connectivity index (χ2n) is 5.47. The van der Waals surface area contributed by atoms with Crippen LogP contribution in [0.25, 0.3) is 0 Å². The smallest absolute Gasteiger partial charge is 0.326 e. The summed E-state index contributed by atoms with van der Waals surface area (Å²) >= 11 is 5.54. The fourth-order valence-electron chi connectivity index (χ4n) is 2.55. The minimum absolute atomic E-state index is 0.118. The van der Waals surface area contributed by atoms with Gasteiger partial charge in [-0.1, -0.05) is 11.6 Å². The maximum Gasteiger partial charge on any atom is 0.417 e. The average molecular weight is 335 g/mol. The molecule has 0 radical (unpaired) electrons. The number of nitrogens with one attached hydrogen (secondary N) is 2. The summed E-state index contributed by atoms with van der Waals surface area (Å²) in [5, 5.41) is 5.38.